The van der Waals surface area contributed by atoms with Crippen molar-refractivity contribution in [2.75, 3.05) is 13.6 Å². The highest BCUT2D eigenvalue weighted by molar-refractivity contribution is 5.73. The van der Waals surface area contributed by atoms with Crippen molar-refractivity contribution in [3.63, 3.8) is 0 Å². The molecule has 0 aromatic heterocycles. The molecule has 1 aliphatic rings. The molecule has 1 fully saturated rings. The van der Waals surface area contributed by atoms with Gasteiger partial charge in [0.15, 0.2) is 0 Å². The molecule has 1 aliphatic carbocycles. The van der Waals surface area contributed by atoms with E-state index < -0.39 is 0 Å². The molecule has 2 amide bonds. The van der Waals surface area contributed by atoms with Crippen LogP contribution in [0.1, 0.15) is 24.8 Å². The van der Waals surface area contributed by atoms with E-state index in [1.165, 1.54) is 0 Å². The fraction of sp³-hybridized carbons (Fsp3) is 0.533. The number of hydrogen-bond donors (Lipinski definition) is 2. The largest absolute Gasteiger partial charge is 0.393 e. The van der Waals surface area contributed by atoms with Crippen LogP contribution >= 0.6 is 0 Å². The smallest absolute Gasteiger partial charge is 0.317 e. The van der Waals surface area contributed by atoms with Crippen LogP contribution in [0, 0.1) is 5.92 Å². The average molecular weight is 262 g/mol. The summed E-state index contributed by atoms with van der Waals surface area (Å²) in [6.45, 7) is 1.17. The minimum Gasteiger partial charge on any atom is -0.393 e. The Morgan fingerprint density at radius 2 is 2.11 bits per heavy atom. The van der Waals surface area contributed by atoms with Crippen molar-refractivity contribution in [1.82, 2.24) is 10.2 Å². The summed E-state index contributed by atoms with van der Waals surface area (Å²) in [7, 11) is 1.78. The van der Waals surface area contributed by atoms with E-state index in [4.69, 9.17) is 0 Å². The zero-order valence-electron chi connectivity index (χ0n) is 11.4. The van der Waals surface area contributed by atoms with Crippen molar-refractivity contribution in [1.29, 1.82) is 0 Å². The van der Waals surface area contributed by atoms with E-state index in [1.54, 1.807) is 11.9 Å². The van der Waals surface area contributed by atoms with Gasteiger partial charge in [0.1, 0.15) is 0 Å². The second-order valence-corrected chi connectivity index (χ2v) is 5.28. The predicted molar refractivity (Wildman–Crippen MR) is 74.7 cm³/mol. The highest BCUT2D eigenvalue weighted by atomic mass is 16.3. The number of aliphatic hydroxyl groups excluding tert-OH is 1. The van der Waals surface area contributed by atoms with E-state index in [2.05, 4.69) is 5.32 Å². The average Bonchev–Trinajstić information content (AvgIpc) is 2.82. The fourth-order valence-electron chi connectivity index (χ4n) is 2.57. The molecule has 2 N–H and O–H groups in total. The zero-order valence-corrected chi connectivity index (χ0v) is 11.4. The van der Waals surface area contributed by atoms with Crippen LogP contribution in [-0.4, -0.2) is 35.7 Å². The van der Waals surface area contributed by atoms with E-state index in [1.807, 2.05) is 30.3 Å². The molecule has 0 bridgehead atoms. The molecule has 19 heavy (non-hydrogen) atoms. The fourth-order valence-corrected chi connectivity index (χ4v) is 2.57. The number of rotatable bonds is 4. The van der Waals surface area contributed by atoms with Crippen molar-refractivity contribution < 1.29 is 9.90 Å². The minimum absolute atomic E-state index is 0.0806. The van der Waals surface area contributed by atoms with Crippen molar-refractivity contribution in [2.45, 2.75) is 31.9 Å². The van der Waals surface area contributed by atoms with Gasteiger partial charge in [-0.3, -0.25) is 0 Å². The highest BCUT2D eigenvalue weighted by Gasteiger charge is 2.27. The number of urea groups is 1. The molecule has 2 rings (SSSR count). The SMILES string of the molecule is CN(CC1CCCC1O)C(=O)NCc1ccccc1. The maximum atomic E-state index is 11.9. The monoisotopic (exact) mass is 262 g/mol. The van der Waals surface area contributed by atoms with Crippen molar-refractivity contribution in [3.05, 3.63) is 35.9 Å². The molecular weight excluding hydrogens is 240 g/mol. The van der Waals surface area contributed by atoms with Crippen LogP contribution in [0.25, 0.3) is 0 Å². The van der Waals surface area contributed by atoms with Gasteiger partial charge >= 0.3 is 6.03 Å². The van der Waals surface area contributed by atoms with Gasteiger partial charge in [-0.2, -0.15) is 0 Å². The summed E-state index contributed by atoms with van der Waals surface area (Å²) in [6, 6.07) is 9.77. The first-order valence-corrected chi connectivity index (χ1v) is 6.88. The third-order valence-corrected chi connectivity index (χ3v) is 3.76. The molecule has 0 aliphatic heterocycles. The molecule has 104 valence electrons. The standard InChI is InChI=1S/C15H22N2O2/c1-17(11-13-8-5-9-14(13)18)15(19)16-10-12-6-3-2-4-7-12/h2-4,6-7,13-14,18H,5,8-11H2,1H3,(H,16,19). The summed E-state index contributed by atoms with van der Waals surface area (Å²) < 4.78 is 0. The predicted octanol–water partition coefficient (Wildman–Crippen LogP) is 1.99. The maximum absolute atomic E-state index is 11.9. The maximum Gasteiger partial charge on any atom is 0.317 e. The van der Waals surface area contributed by atoms with Crippen molar-refractivity contribution in [2.24, 2.45) is 5.92 Å². The van der Waals surface area contributed by atoms with E-state index in [-0.39, 0.29) is 18.1 Å². The number of amides is 2. The van der Waals surface area contributed by atoms with Crippen LogP contribution in [0.3, 0.4) is 0 Å². The van der Waals surface area contributed by atoms with Crippen LogP contribution in [0.5, 0.6) is 0 Å². The van der Waals surface area contributed by atoms with Crippen molar-refractivity contribution in [3.8, 4) is 0 Å². The summed E-state index contributed by atoms with van der Waals surface area (Å²) in [5, 5.41) is 12.7. The molecule has 2 atom stereocenters. The van der Waals surface area contributed by atoms with Gasteiger partial charge in [-0.1, -0.05) is 36.8 Å². The van der Waals surface area contributed by atoms with Crippen LogP contribution in [-0.2, 0) is 6.54 Å². The van der Waals surface area contributed by atoms with E-state index in [9.17, 15) is 9.90 Å². The summed E-state index contributed by atoms with van der Waals surface area (Å²) in [5.74, 6) is 0.229. The van der Waals surface area contributed by atoms with Gasteiger partial charge < -0.3 is 15.3 Å². The van der Waals surface area contributed by atoms with Gasteiger partial charge in [0.05, 0.1) is 6.10 Å². The molecule has 4 heteroatoms. The minimum atomic E-state index is -0.246. The Morgan fingerprint density at radius 1 is 1.37 bits per heavy atom. The van der Waals surface area contributed by atoms with E-state index >= 15 is 0 Å². The lowest BCUT2D eigenvalue weighted by molar-refractivity contribution is 0.114. The molecule has 2 unspecified atom stereocenters. The van der Waals surface area contributed by atoms with Gasteiger partial charge in [0.2, 0.25) is 0 Å². The van der Waals surface area contributed by atoms with E-state index in [0.717, 1.165) is 24.8 Å². The Labute approximate surface area is 114 Å². The third-order valence-electron chi connectivity index (χ3n) is 3.76. The first kappa shape index (κ1) is 13.9. The zero-order chi connectivity index (χ0) is 13.7. The number of carbonyl (C=O) groups excluding carboxylic acids is 1. The summed E-state index contributed by atoms with van der Waals surface area (Å²) in [6.07, 6.45) is 2.69. The number of hydrogen-bond acceptors (Lipinski definition) is 2. The number of nitrogens with one attached hydrogen (secondary N) is 1. The summed E-state index contributed by atoms with van der Waals surface area (Å²) in [4.78, 5) is 13.6. The van der Waals surface area contributed by atoms with Gasteiger partial charge in [-0.15, -0.1) is 0 Å². The Morgan fingerprint density at radius 3 is 2.74 bits per heavy atom. The van der Waals surface area contributed by atoms with E-state index in [0.29, 0.717) is 13.1 Å². The van der Waals surface area contributed by atoms with Gasteiger partial charge in [-0.25, -0.2) is 4.79 Å². The van der Waals surface area contributed by atoms with Gasteiger partial charge in [0, 0.05) is 26.1 Å². The molecule has 1 aromatic rings. The first-order valence-electron chi connectivity index (χ1n) is 6.88. The Bertz CT molecular complexity index is 408. The van der Waals surface area contributed by atoms with Crippen LogP contribution in [0.4, 0.5) is 4.79 Å². The van der Waals surface area contributed by atoms with Gasteiger partial charge in [-0.05, 0) is 18.4 Å². The van der Waals surface area contributed by atoms with Gasteiger partial charge in [0.25, 0.3) is 0 Å². The Hall–Kier alpha value is -1.55. The third kappa shape index (κ3) is 3.96. The second kappa shape index (κ2) is 6.57. The summed E-state index contributed by atoms with van der Waals surface area (Å²) in [5.41, 5.74) is 1.09. The number of aliphatic hydroxyl groups is 1. The summed E-state index contributed by atoms with van der Waals surface area (Å²) >= 11 is 0. The Balaban J connectivity index is 1.76. The molecule has 4 nitrogen and oxygen atoms in total. The molecule has 0 spiro atoms. The number of nitrogens with zero attached hydrogens (tertiary/aromatic N) is 1. The van der Waals surface area contributed by atoms with Crippen LogP contribution in [0.2, 0.25) is 0 Å². The second-order valence-electron chi connectivity index (χ2n) is 5.28. The molecule has 1 saturated carbocycles. The lowest BCUT2D eigenvalue weighted by Crippen LogP contribution is -2.40. The number of benzene rings is 1. The molecular formula is C15H22N2O2. The van der Waals surface area contributed by atoms with Crippen LogP contribution < -0.4 is 5.32 Å². The molecule has 0 saturated heterocycles. The normalized spacial score (nSPS) is 22.2. The molecule has 0 heterocycles. The van der Waals surface area contributed by atoms with Crippen molar-refractivity contribution >= 4 is 6.03 Å². The number of carbonyl (C=O) groups is 1. The lowest BCUT2D eigenvalue weighted by Gasteiger charge is -2.23. The molecule has 0 radical (unpaired) electrons. The topological polar surface area (TPSA) is 52.6 Å². The lowest BCUT2D eigenvalue weighted by atomic mass is 10.1. The Kier molecular flexibility index (Phi) is 4.80. The first-order chi connectivity index (χ1) is 9.16. The highest BCUT2D eigenvalue weighted by Crippen LogP contribution is 2.25. The molecule has 1 aromatic carbocycles. The van der Waals surface area contributed by atoms with Crippen LogP contribution in [0.15, 0.2) is 30.3 Å². The quantitative estimate of drug-likeness (QED) is 0.872.